The summed E-state index contributed by atoms with van der Waals surface area (Å²) in [6.45, 7) is 3.12. The molecule has 1 aliphatic heterocycles. The summed E-state index contributed by atoms with van der Waals surface area (Å²) < 4.78 is 6.76. The summed E-state index contributed by atoms with van der Waals surface area (Å²) in [5.74, 6) is 0.572. The van der Waals surface area contributed by atoms with Crippen LogP contribution in [0.15, 0.2) is 29.0 Å². The predicted octanol–water partition coefficient (Wildman–Crippen LogP) is 0.877. The van der Waals surface area contributed by atoms with Gasteiger partial charge < -0.3 is 9.42 Å². The fraction of sp³-hybridized carbons (Fsp3) is 0.364. The van der Waals surface area contributed by atoms with E-state index >= 15 is 0 Å². The highest BCUT2D eigenvalue weighted by Crippen LogP contribution is 2.22. The quantitative estimate of drug-likeness (QED) is 0.771. The number of amides is 1. The molecule has 6 heteroatoms. The third-order valence-electron chi connectivity index (χ3n) is 2.90. The fourth-order valence-corrected chi connectivity index (χ4v) is 1.91. The topological polar surface area (TPSA) is 64.2 Å². The number of hydrogen-bond donors (Lipinski definition) is 0. The summed E-state index contributed by atoms with van der Waals surface area (Å²) in [5, 5.41) is 7.87. The van der Waals surface area contributed by atoms with Crippen LogP contribution in [0.3, 0.4) is 0 Å². The van der Waals surface area contributed by atoms with Crippen molar-refractivity contribution in [3.8, 4) is 0 Å². The van der Waals surface area contributed by atoms with Crippen LogP contribution >= 0.6 is 0 Å². The number of aryl methyl sites for hydroxylation is 1. The van der Waals surface area contributed by atoms with E-state index in [1.165, 1.54) is 0 Å². The lowest BCUT2D eigenvalue weighted by Crippen LogP contribution is -2.50. The van der Waals surface area contributed by atoms with Gasteiger partial charge in [-0.2, -0.15) is 5.10 Å². The normalized spacial score (nSPS) is 15.9. The molecule has 3 heterocycles. The molecule has 2 aromatic rings. The second kappa shape index (κ2) is 3.73. The Morgan fingerprint density at radius 1 is 1.53 bits per heavy atom. The molecule has 0 spiro atoms. The minimum atomic E-state index is -0.0785. The van der Waals surface area contributed by atoms with Gasteiger partial charge in [-0.1, -0.05) is 5.16 Å². The van der Waals surface area contributed by atoms with Crippen molar-refractivity contribution in [1.82, 2.24) is 19.8 Å². The second-order valence-electron chi connectivity index (χ2n) is 4.17. The largest absolute Gasteiger partial charge is 0.361 e. The van der Waals surface area contributed by atoms with Crippen molar-refractivity contribution in [2.24, 2.45) is 0 Å². The van der Waals surface area contributed by atoms with Crippen LogP contribution in [-0.2, 0) is 0 Å². The standard InChI is InChI=1S/C11H12N4O2/c1-8-5-10(13-17-8)11(16)14-6-9(7-14)15-4-2-3-12-15/h2-5,9H,6-7H2,1H3. The third kappa shape index (κ3) is 1.71. The highest BCUT2D eigenvalue weighted by Gasteiger charge is 2.33. The zero-order chi connectivity index (χ0) is 11.8. The van der Waals surface area contributed by atoms with Gasteiger partial charge in [-0.05, 0) is 13.0 Å². The first-order chi connectivity index (χ1) is 8.24. The number of nitrogens with zero attached hydrogens (tertiary/aromatic N) is 4. The summed E-state index contributed by atoms with van der Waals surface area (Å²) in [6.07, 6.45) is 3.65. The van der Waals surface area contributed by atoms with Gasteiger partial charge >= 0.3 is 0 Å². The number of likely N-dealkylation sites (tertiary alicyclic amines) is 1. The first kappa shape index (κ1) is 10.1. The lowest BCUT2D eigenvalue weighted by Gasteiger charge is -2.38. The van der Waals surface area contributed by atoms with Crippen molar-refractivity contribution in [2.45, 2.75) is 13.0 Å². The van der Waals surface area contributed by atoms with Gasteiger partial charge in [0.15, 0.2) is 5.69 Å². The number of carbonyl (C=O) groups is 1. The molecule has 0 bridgehead atoms. The molecule has 0 radical (unpaired) electrons. The van der Waals surface area contributed by atoms with E-state index in [-0.39, 0.29) is 11.9 Å². The Balaban J connectivity index is 1.64. The molecule has 1 saturated heterocycles. The molecule has 3 rings (SSSR count). The minimum Gasteiger partial charge on any atom is -0.361 e. The number of hydrogen-bond acceptors (Lipinski definition) is 4. The number of carbonyl (C=O) groups excluding carboxylic acids is 1. The van der Waals surface area contributed by atoms with Gasteiger partial charge in [-0.25, -0.2) is 0 Å². The summed E-state index contributed by atoms with van der Waals surface area (Å²) in [7, 11) is 0. The van der Waals surface area contributed by atoms with Crippen LogP contribution in [0.2, 0.25) is 0 Å². The molecule has 1 fully saturated rings. The highest BCUT2D eigenvalue weighted by molar-refractivity contribution is 5.92. The zero-order valence-electron chi connectivity index (χ0n) is 9.41. The van der Waals surface area contributed by atoms with Crippen LogP contribution < -0.4 is 0 Å². The molecule has 0 atom stereocenters. The van der Waals surface area contributed by atoms with E-state index in [0.29, 0.717) is 24.5 Å². The van der Waals surface area contributed by atoms with Gasteiger partial charge in [-0.3, -0.25) is 9.48 Å². The van der Waals surface area contributed by atoms with Gasteiger partial charge in [-0.15, -0.1) is 0 Å². The van der Waals surface area contributed by atoms with Crippen LogP contribution in [0.5, 0.6) is 0 Å². The lowest BCUT2D eigenvalue weighted by atomic mass is 10.1. The average molecular weight is 232 g/mol. The maximum atomic E-state index is 11.9. The monoisotopic (exact) mass is 232 g/mol. The third-order valence-corrected chi connectivity index (χ3v) is 2.90. The van der Waals surface area contributed by atoms with Crippen molar-refractivity contribution >= 4 is 5.91 Å². The van der Waals surface area contributed by atoms with Gasteiger partial charge in [0.1, 0.15) is 5.76 Å². The molecule has 17 heavy (non-hydrogen) atoms. The Morgan fingerprint density at radius 3 is 2.94 bits per heavy atom. The average Bonchev–Trinajstić information content (AvgIpc) is 2.86. The van der Waals surface area contributed by atoms with Crippen molar-refractivity contribution in [3.05, 3.63) is 36.0 Å². The predicted molar refractivity (Wildman–Crippen MR) is 58.4 cm³/mol. The molecule has 2 aromatic heterocycles. The van der Waals surface area contributed by atoms with Gasteiger partial charge in [0.2, 0.25) is 0 Å². The Kier molecular flexibility index (Phi) is 2.21. The maximum Gasteiger partial charge on any atom is 0.276 e. The summed E-state index contributed by atoms with van der Waals surface area (Å²) in [6, 6.07) is 3.82. The first-order valence-corrected chi connectivity index (χ1v) is 5.46. The van der Waals surface area contributed by atoms with E-state index < -0.39 is 0 Å². The number of aromatic nitrogens is 3. The van der Waals surface area contributed by atoms with Gasteiger partial charge in [0.25, 0.3) is 5.91 Å². The smallest absolute Gasteiger partial charge is 0.276 e. The molecular formula is C11H12N4O2. The Hall–Kier alpha value is -2.11. The van der Waals surface area contributed by atoms with Crippen molar-refractivity contribution in [3.63, 3.8) is 0 Å². The molecule has 6 nitrogen and oxygen atoms in total. The molecule has 0 aliphatic carbocycles. The SMILES string of the molecule is Cc1cc(C(=O)N2CC(n3cccn3)C2)no1. The van der Waals surface area contributed by atoms with Crippen LogP contribution in [0.25, 0.3) is 0 Å². The summed E-state index contributed by atoms with van der Waals surface area (Å²) in [5.41, 5.74) is 0.376. The van der Waals surface area contributed by atoms with E-state index in [1.807, 2.05) is 16.9 Å². The van der Waals surface area contributed by atoms with Crippen molar-refractivity contribution < 1.29 is 9.32 Å². The Bertz CT molecular complexity index is 525. The highest BCUT2D eigenvalue weighted by atomic mass is 16.5. The van der Waals surface area contributed by atoms with Gasteiger partial charge in [0, 0.05) is 31.5 Å². The Morgan fingerprint density at radius 2 is 2.35 bits per heavy atom. The van der Waals surface area contributed by atoms with Crippen molar-refractivity contribution in [2.75, 3.05) is 13.1 Å². The second-order valence-corrected chi connectivity index (χ2v) is 4.17. The van der Waals surface area contributed by atoms with E-state index in [0.717, 1.165) is 0 Å². The molecule has 1 aliphatic rings. The van der Waals surface area contributed by atoms with E-state index in [9.17, 15) is 4.79 Å². The van der Waals surface area contributed by atoms with Crippen molar-refractivity contribution in [1.29, 1.82) is 0 Å². The van der Waals surface area contributed by atoms with Gasteiger partial charge in [0.05, 0.1) is 6.04 Å². The summed E-state index contributed by atoms with van der Waals surface area (Å²) >= 11 is 0. The minimum absolute atomic E-state index is 0.0785. The molecule has 0 unspecified atom stereocenters. The van der Waals surface area contributed by atoms with E-state index in [2.05, 4.69) is 10.3 Å². The van der Waals surface area contributed by atoms with Crippen LogP contribution in [0, 0.1) is 6.92 Å². The summed E-state index contributed by atoms with van der Waals surface area (Å²) in [4.78, 5) is 13.7. The Labute approximate surface area is 97.8 Å². The van der Waals surface area contributed by atoms with Crippen LogP contribution in [-0.4, -0.2) is 38.8 Å². The molecule has 0 saturated carbocycles. The molecular weight excluding hydrogens is 220 g/mol. The fourth-order valence-electron chi connectivity index (χ4n) is 1.91. The molecule has 0 aromatic carbocycles. The van der Waals surface area contributed by atoms with Crippen LogP contribution in [0.4, 0.5) is 0 Å². The zero-order valence-corrected chi connectivity index (χ0v) is 9.41. The van der Waals surface area contributed by atoms with Crippen LogP contribution in [0.1, 0.15) is 22.3 Å². The maximum absolute atomic E-state index is 11.9. The molecule has 0 N–H and O–H groups in total. The van der Waals surface area contributed by atoms with E-state index in [1.54, 1.807) is 24.1 Å². The lowest BCUT2D eigenvalue weighted by molar-refractivity contribution is 0.0491. The molecule has 88 valence electrons. The first-order valence-electron chi connectivity index (χ1n) is 5.46. The molecule has 1 amide bonds. The number of rotatable bonds is 2. The van der Waals surface area contributed by atoms with E-state index in [4.69, 9.17) is 4.52 Å².